The number of ketones is 1. The lowest BCUT2D eigenvalue weighted by molar-refractivity contribution is 0.0982. The maximum atomic E-state index is 12.7. The summed E-state index contributed by atoms with van der Waals surface area (Å²) >= 11 is 13.6. The molecule has 0 spiro atoms. The normalized spacial score (nSPS) is 11.9. The first-order valence-electron chi connectivity index (χ1n) is 7.88. The van der Waals surface area contributed by atoms with E-state index in [0.717, 1.165) is 10.5 Å². The Labute approximate surface area is 162 Å². The van der Waals surface area contributed by atoms with Crippen molar-refractivity contribution in [3.05, 3.63) is 100 Å². The summed E-state index contributed by atoms with van der Waals surface area (Å²) in [6, 6.07) is 24.8. The van der Waals surface area contributed by atoms with E-state index >= 15 is 0 Å². The first kappa shape index (κ1) is 18.1. The van der Waals surface area contributed by atoms with E-state index in [-0.39, 0.29) is 11.0 Å². The van der Waals surface area contributed by atoms with Gasteiger partial charge in [0.1, 0.15) is 0 Å². The molecule has 4 heteroatoms. The third-order valence-electron chi connectivity index (χ3n) is 3.80. The molecule has 1 atom stereocenters. The number of thioether (sulfide) groups is 1. The highest BCUT2D eigenvalue weighted by molar-refractivity contribution is 7.99. The fourth-order valence-electron chi connectivity index (χ4n) is 2.49. The molecule has 0 fully saturated rings. The van der Waals surface area contributed by atoms with Crippen LogP contribution in [-0.4, -0.2) is 5.78 Å². The van der Waals surface area contributed by atoms with Crippen LogP contribution in [0.3, 0.4) is 0 Å². The minimum atomic E-state index is 0.0329. The monoisotopic (exact) mass is 386 g/mol. The lowest BCUT2D eigenvalue weighted by atomic mass is 10.0. The van der Waals surface area contributed by atoms with Crippen molar-refractivity contribution in [1.29, 1.82) is 0 Å². The van der Waals surface area contributed by atoms with E-state index in [1.54, 1.807) is 36.0 Å². The Morgan fingerprint density at radius 2 is 1.36 bits per heavy atom. The third kappa shape index (κ3) is 5.12. The van der Waals surface area contributed by atoms with E-state index in [4.69, 9.17) is 23.2 Å². The maximum absolute atomic E-state index is 12.7. The molecule has 1 nitrogen and oxygen atoms in total. The summed E-state index contributed by atoms with van der Waals surface area (Å²) in [4.78, 5) is 13.8. The number of hydrogen-bond donors (Lipinski definition) is 0. The van der Waals surface area contributed by atoms with Crippen LogP contribution in [0.4, 0.5) is 0 Å². The number of rotatable bonds is 6. The molecular weight excluding hydrogens is 371 g/mol. The summed E-state index contributed by atoms with van der Waals surface area (Å²) in [5.41, 5.74) is 1.81. The Bertz CT molecular complexity index is 830. The van der Waals surface area contributed by atoms with Crippen LogP contribution in [0.15, 0.2) is 83.8 Å². The van der Waals surface area contributed by atoms with Gasteiger partial charge in [0.2, 0.25) is 0 Å². The number of benzene rings is 3. The summed E-state index contributed by atoms with van der Waals surface area (Å²) in [6.07, 6.45) is 0.416. The standard InChI is InChI=1S/C21H16Cl2OS/c22-17-8-6-15(7-9-17)20(24)14-21(16-4-2-1-3-5-16)25-19-12-10-18(23)11-13-19/h1-13,21H,14H2/t21-/m0/s1. The highest BCUT2D eigenvalue weighted by Crippen LogP contribution is 2.38. The molecule has 126 valence electrons. The molecule has 0 saturated heterocycles. The number of halogens is 2. The van der Waals surface area contributed by atoms with E-state index in [1.165, 1.54) is 0 Å². The van der Waals surface area contributed by atoms with Crippen molar-refractivity contribution in [2.45, 2.75) is 16.6 Å². The molecule has 0 bridgehead atoms. The summed E-state index contributed by atoms with van der Waals surface area (Å²) in [5.74, 6) is 0.104. The zero-order valence-electron chi connectivity index (χ0n) is 13.4. The van der Waals surface area contributed by atoms with Crippen molar-refractivity contribution in [2.24, 2.45) is 0 Å². The molecule has 0 radical (unpaired) electrons. The van der Waals surface area contributed by atoms with Gasteiger partial charge >= 0.3 is 0 Å². The van der Waals surface area contributed by atoms with Gasteiger partial charge in [0.15, 0.2) is 5.78 Å². The van der Waals surface area contributed by atoms with Gasteiger partial charge in [0.05, 0.1) is 0 Å². The predicted molar refractivity (Wildman–Crippen MR) is 107 cm³/mol. The molecule has 0 heterocycles. The van der Waals surface area contributed by atoms with Crippen LogP contribution >= 0.6 is 35.0 Å². The van der Waals surface area contributed by atoms with Gasteiger partial charge in [-0.15, -0.1) is 11.8 Å². The predicted octanol–water partition coefficient (Wildman–Crippen LogP) is 7.10. The van der Waals surface area contributed by atoms with Gasteiger partial charge in [0.25, 0.3) is 0 Å². The fourth-order valence-corrected chi connectivity index (χ4v) is 3.90. The van der Waals surface area contributed by atoms with Gasteiger partial charge in [0, 0.05) is 32.2 Å². The van der Waals surface area contributed by atoms with Crippen molar-refractivity contribution in [3.63, 3.8) is 0 Å². The van der Waals surface area contributed by atoms with E-state index < -0.39 is 0 Å². The van der Waals surface area contributed by atoms with Gasteiger partial charge < -0.3 is 0 Å². The van der Waals surface area contributed by atoms with Crippen molar-refractivity contribution in [2.75, 3.05) is 0 Å². The smallest absolute Gasteiger partial charge is 0.164 e. The van der Waals surface area contributed by atoms with Crippen LogP contribution in [0.1, 0.15) is 27.6 Å². The molecule has 3 aromatic carbocycles. The minimum Gasteiger partial charge on any atom is -0.294 e. The molecule has 0 saturated carbocycles. The average molecular weight is 387 g/mol. The number of Topliss-reactive ketones (excluding diaryl/α,β-unsaturated/α-hetero) is 1. The minimum absolute atomic E-state index is 0.0329. The number of hydrogen-bond acceptors (Lipinski definition) is 2. The Morgan fingerprint density at radius 3 is 1.96 bits per heavy atom. The van der Waals surface area contributed by atoms with Gasteiger partial charge in [-0.1, -0.05) is 53.5 Å². The molecule has 0 aliphatic heterocycles. The Morgan fingerprint density at radius 1 is 0.800 bits per heavy atom. The molecule has 3 aromatic rings. The summed E-state index contributed by atoms with van der Waals surface area (Å²) in [7, 11) is 0. The molecule has 0 unspecified atom stereocenters. The van der Waals surface area contributed by atoms with Crippen molar-refractivity contribution in [1.82, 2.24) is 0 Å². The van der Waals surface area contributed by atoms with Crippen molar-refractivity contribution in [3.8, 4) is 0 Å². The fraction of sp³-hybridized carbons (Fsp3) is 0.0952. The molecule has 25 heavy (non-hydrogen) atoms. The van der Waals surface area contributed by atoms with Gasteiger partial charge in [-0.05, 0) is 54.1 Å². The maximum Gasteiger partial charge on any atom is 0.164 e. The Hall–Kier alpha value is -1.74. The highest BCUT2D eigenvalue weighted by atomic mass is 35.5. The van der Waals surface area contributed by atoms with Crippen LogP contribution in [0.2, 0.25) is 10.0 Å². The second kappa shape index (κ2) is 8.57. The van der Waals surface area contributed by atoms with Gasteiger partial charge in [-0.3, -0.25) is 4.79 Å². The average Bonchev–Trinajstić information content (AvgIpc) is 2.64. The topological polar surface area (TPSA) is 17.1 Å². The third-order valence-corrected chi connectivity index (χ3v) is 5.57. The van der Waals surface area contributed by atoms with E-state index in [1.807, 2.05) is 42.5 Å². The summed E-state index contributed by atoms with van der Waals surface area (Å²) in [5, 5.41) is 1.37. The molecule has 0 aliphatic carbocycles. The molecule has 0 N–H and O–H groups in total. The molecular formula is C21H16Cl2OS. The van der Waals surface area contributed by atoms with Crippen LogP contribution in [0, 0.1) is 0 Å². The number of carbonyl (C=O) groups is 1. The van der Waals surface area contributed by atoms with Crippen molar-refractivity contribution < 1.29 is 4.79 Å². The molecule has 0 amide bonds. The molecule has 0 aliphatic rings. The van der Waals surface area contributed by atoms with E-state index in [2.05, 4.69) is 12.1 Å². The lowest BCUT2D eigenvalue weighted by Gasteiger charge is -2.17. The Balaban J connectivity index is 1.82. The molecule has 0 aromatic heterocycles. The number of carbonyl (C=O) groups excluding carboxylic acids is 1. The SMILES string of the molecule is O=C(C[C@H](Sc1ccc(Cl)cc1)c1ccccc1)c1ccc(Cl)cc1. The second-order valence-electron chi connectivity index (χ2n) is 5.61. The Kier molecular flexibility index (Phi) is 6.19. The second-order valence-corrected chi connectivity index (χ2v) is 7.75. The van der Waals surface area contributed by atoms with Crippen molar-refractivity contribution >= 4 is 40.7 Å². The largest absolute Gasteiger partial charge is 0.294 e. The lowest BCUT2D eigenvalue weighted by Crippen LogP contribution is -2.05. The van der Waals surface area contributed by atoms with E-state index in [9.17, 15) is 4.79 Å². The quantitative estimate of drug-likeness (QED) is 0.331. The molecule has 3 rings (SSSR count). The highest BCUT2D eigenvalue weighted by Gasteiger charge is 2.18. The van der Waals surface area contributed by atoms with Crippen LogP contribution in [0.5, 0.6) is 0 Å². The van der Waals surface area contributed by atoms with E-state index in [0.29, 0.717) is 22.0 Å². The van der Waals surface area contributed by atoms with Gasteiger partial charge in [-0.2, -0.15) is 0 Å². The van der Waals surface area contributed by atoms with Gasteiger partial charge in [-0.25, -0.2) is 0 Å². The zero-order valence-corrected chi connectivity index (χ0v) is 15.7. The first-order chi connectivity index (χ1) is 12.1. The first-order valence-corrected chi connectivity index (χ1v) is 9.51. The summed E-state index contributed by atoms with van der Waals surface area (Å²) < 4.78 is 0. The zero-order chi connectivity index (χ0) is 17.6. The van der Waals surface area contributed by atoms with Crippen LogP contribution in [-0.2, 0) is 0 Å². The van der Waals surface area contributed by atoms with Crippen LogP contribution in [0.25, 0.3) is 0 Å². The summed E-state index contributed by atoms with van der Waals surface area (Å²) in [6.45, 7) is 0. The van der Waals surface area contributed by atoms with Crippen LogP contribution < -0.4 is 0 Å².